The van der Waals surface area contributed by atoms with Gasteiger partial charge in [-0.2, -0.15) is 0 Å². The smallest absolute Gasteiger partial charge is 0.119 e. The van der Waals surface area contributed by atoms with Crippen LogP contribution in [-0.4, -0.2) is 8.80 Å². The molecule has 0 fully saturated rings. The number of benzene rings is 3. The largest absolute Gasteiger partial charge is 0.177 e. The van der Waals surface area contributed by atoms with Gasteiger partial charge in [0.15, 0.2) is 8.80 Å². The Morgan fingerprint density at radius 2 is 1.22 bits per heavy atom. The van der Waals surface area contributed by atoms with Crippen molar-refractivity contribution in [2.75, 3.05) is 0 Å². The highest BCUT2D eigenvalue weighted by molar-refractivity contribution is 6.85. The van der Waals surface area contributed by atoms with Crippen LogP contribution in [-0.2, 0) is 0 Å². The van der Waals surface area contributed by atoms with E-state index in [1.165, 1.54) is 10.8 Å². The zero-order valence-corrected chi connectivity index (χ0v) is 14.0. The molecule has 1 heteroatoms. The molecule has 3 aromatic rings. The van der Waals surface area contributed by atoms with Crippen molar-refractivity contribution in [2.45, 2.75) is 0 Å². The molecule has 0 radical (unpaired) electrons. The summed E-state index contributed by atoms with van der Waals surface area (Å²) in [6, 6.07) is 31.2. The summed E-state index contributed by atoms with van der Waals surface area (Å²) in [5.74, 6) is 3.34. The normalized spacial score (nSPS) is 11.7. The van der Waals surface area contributed by atoms with Gasteiger partial charge in [0.2, 0.25) is 0 Å². The zero-order valence-electron chi connectivity index (χ0n) is 12.9. The molecule has 0 saturated carbocycles. The standard InChI is InChI=1S/C22H18Si/c1-4-10-20(11-5-1)16-18-23(22-14-8-3-9-15-22)19-17-21-12-6-2-7-13-21/h1-16,18,23H/b18-16+. The summed E-state index contributed by atoms with van der Waals surface area (Å²) in [5.41, 5.74) is 8.13. The van der Waals surface area contributed by atoms with E-state index >= 15 is 0 Å². The van der Waals surface area contributed by atoms with Crippen LogP contribution in [0.1, 0.15) is 11.1 Å². The third-order valence-electron chi connectivity index (χ3n) is 3.59. The molecule has 0 spiro atoms. The Bertz CT molecular complexity index is 809. The predicted octanol–water partition coefficient (Wildman–Crippen LogP) is 3.96. The van der Waals surface area contributed by atoms with E-state index in [1.54, 1.807) is 0 Å². The Hall–Kier alpha value is -2.82. The lowest BCUT2D eigenvalue weighted by Crippen LogP contribution is -2.26. The van der Waals surface area contributed by atoms with E-state index in [2.05, 4.69) is 90.0 Å². The van der Waals surface area contributed by atoms with Gasteiger partial charge >= 0.3 is 0 Å². The Balaban J connectivity index is 1.89. The maximum Gasteiger partial charge on any atom is 0.177 e. The molecule has 0 aliphatic rings. The zero-order chi connectivity index (χ0) is 15.7. The molecule has 0 aliphatic heterocycles. The van der Waals surface area contributed by atoms with Crippen LogP contribution in [0.3, 0.4) is 0 Å². The van der Waals surface area contributed by atoms with E-state index < -0.39 is 8.80 Å². The molecular weight excluding hydrogens is 292 g/mol. The Kier molecular flexibility index (Phi) is 5.23. The predicted molar refractivity (Wildman–Crippen MR) is 102 cm³/mol. The fourth-order valence-electron chi connectivity index (χ4n) is 2.36. The van der Waals surface area contributed by atoms with Gasteiger partial charge in [-0.25, -0.2) is 0 Å². The molecule has 0 aromatic heterocycles. The molecule has 1 unspecified atom stereocenters. The van der Waals surface area contributed by atoms with Crippen LogP contribution in [0.25, 0.3) is 6.08 Å². The van der Waals surface area contributed by atoms with Gasteiger partial charge in [-0.05, 0) is 22.9 Å². The molecule has 0 bridgehead atoms. The highest BCUT2D eigenvalue weighted by Gasteiger charge is 2.06. The first-order chi connectivity index (χ1) is 11.4. The molecule has 3 aromatic carbocycles. The lowest BCUT2D eigenvalue weighted by molar-refractivity contribution is 1.65. The van der Waals surface area contributed by atoms with Crippen LogP contribution in [0, 0.1) is 11.5 Å². The second-order valence-electron chi connectivity index (χ2n) is 5.29. The molecule has 3 rings (SSSR count). The molecule has 23 heavy (non-hydrogen) atoms. The Labute approximate surface area is 139 Å². The van der Waals surface area contributed by atoms with Crippen molar-refractivity contribution in [3.05, 3.63) is 108 Å². The maximum absolute atomic E-state index is 3.52. The van der Waals surface area contributed by atoms with Gasteiger partial charge in [-0.3, -0.25) is 0 Å². The molecule has 0 N–H and O–H groups in total. The number of hydrogen-bond acceptors (Lipinski definition) is 0. The first kappa shape index (κ1) is 15.1. The van der Waals surface area contributed by atoms with Crippen LogP contribution in [0.2, 0.25) is 0 Å². The average Bonchev–Trinajstić information content (AvgIpc) is 2.64. The SMILES string of the molecule is C(#C[SiH](/C=C/c1ccccc1)c1ccccc1)c1ccccc1. The summed E-state index contributed by atoms with van der Waals surface area (Å²) in [4.78, 5) is 0. The molecule has 0 amide bonds. The minimum Gasteiger partial charge on any atom is -0.119 e. The van der Waals surface area contributed by atoms with Gasteiger partial charge in [0.25, 0.3) is 0 Å². The fourth-order valence-corrected chi connectivity index (χ4v) is 4.22. The second-order valence-corrected chi connectivity index (χ2v) is 7.59. The van der Waals surface area contributed by atoms with Crippen molar-refractivity contribution >= 4 is 20.1 Å². The summed E-state index contributed by atoms with van der Waals surface area (Å²) in [6.45, 7) is 0. The van der Waals surface area contributed by atoms with E-state index in [0.717, 1.165) is 5.56 Å². The molecular formula is C22H18Si. The Morgan fingerprint density at radius 1 is 0.652 bits per heavy atom. The molecule has 0 heterocycles. The van der Waals surface area contributed by atoms with Gasteiger partial charge in [-0.15, -0.1) is 5.54 Å². The van der Waals surface area contributed by atoms with Crippen molar-refractivity contribution < 1.29 is 0 Å². The van der Waals surface area contributed by atoms with E-state index in [9.17, 15) is 0 Å². The monoisotopic (exact) mass is 310 g/mol. The van der Waals surface area contributed by atoms with E-state index in [-0.39, 0.29) is 0 Å². The summed E-state index contributed by atoms with van der Waals surface area (Å²) in [5, 5.41) is 1.35. The van der Waals surface area contributed by atoms with E-state index in [0.29, 0.717) is 0 Å². The highest BCUT2D eigenvalue weighted by Crippen LogP contribution is 2.03. The lowest BCUT2D eigenvalue weighted by atomic mass is 10.2. The topological polar surface area (TPSA) is 0 Å². The molecule has 0 aliphatic carbocycles. The third-order valence-corrected chi connectivity index (χ3v) is 5.72. The molecule has 1 atom stereocenters. The van der Waals surface area contributed by atoms with Crippen LogP contribution in [0.4, 0.5) is 0 Å². The average molecular weight is 310 g/mol. The Morgan fingerprint density at radius 3 is 1.87 bits per heavy atom. The molecule has 110 valence electrons. The summed E-state index contributed by atoms with van der Waals surface area (Å²) in [6.07, 6.45) is 2.20. The van der Waals surface area contributed by atoms with Gasteiger partial charge in [0.1, 0.15) is 0 Å². The summed E-state index contributed by atoms with van der Waals surface area (Å²) < 4.78 is 0. The van der Waals surface area contributed by atoms with Crippen molar-refractivity contribution in [1.29, 1.82) is 0 Å². The lowest BCUT2D eigenvalue weighted by Gasteiger charge is -2.04. The van der Waals surface area contributed by atoms with Gasteiger partial charge in [0.05, 0.1) is 0 Å². The molecule has 0 nitrogen and oxygen atoms in total. The van der Waals surface area contributed by atoms with Crippen LogP contribution in [0.15, 0.2) is 96.7 Å². The van der Waals surface area contributed by atoms with Crippen LogP contribution < -0.4 is 5.19 Å². The van der Waals surface area contributed by atoms with E-state index in [4.69, 9.17) is 0 Å². The van der Waals surface area contributed by atoms with Crippen molar-refractivity contribution in [3.63, 3.8) is 0 Å². The van der Waals surface area contributed by atoms with E-state index in [1.807, 2.05) is 24.3 Å². The summed E-state index contributed by atoms with van der Waals surface area (Å²) >= 11 is 0. The van der Waals surface area contributed by atoms with Gasteiger partial charge in [0, 0.05) is 5.56 Å². The minimum atomic E-state index is -1.47. The third kappa shape index (κ3) is 4.57. The number of rotatable bonds is 3. The number of hydrogen-bond donors (Lipinski definition) is 0. The maximum atomic E-state index is 3.52. The van der Waals surface area contributed by atoms with Gasteiger partial charge < -0.3 is 0 Å². The first-order valence-electron chi connectivity index (χ1n) is 7.76. The minimum absolute atomic E-state index is 1.08. The van der Waals surface area contributed by atoms with Crippen molar-refractivity contribution in [2.24, 2.45) is 0 Å². The van der Waals surface area contributed by atoms with Crippen molar-refractivity contribution in [3.8, 4) is 11.5 Å². The quantitative estimate of drug-likeness (QED) is 0.507. The second kappa shape index (κ2) is 7.98. The first-order valence-corrected chi connectivity index (χ1v) is 9.59. The van der Waals surface area contributed by atoms with Crippen molar-refractivity contribution in [1.82, 2.24) is 0 Å². The molecule has 0 saturated heterocycles. The summed E-state index contributed by atoms with van der Waals surface area (Å²) in [7, 11) is -1.47. The van der Waals surface area contributed by atoms with Crippen LogP contribution in [0.5, 0.6) is 0 Å². The van der Waals surface area contributed by atoms with Crippen LogP contribution >= 0.6 is 0 Å². The van der Waals surface area contributed by atoms with Gasteiger partial charge in [-0.1, -0.05) is 96.6 Å². The highest BCUT2D eigenvalue weighted by atomic mass is 28.3. The fraction of sp³-hybridized carbons (Fsp3) is 0.